The van der Waals surface area contributed by atoms with Crippen molar-refractivity contribution in [3.63, 3.8) is 0 Å². The first-order valence-corrected chi connectivity index (χ1v) is 3.72. The van der Waals surface area contributed by atoms with Crippen LogP contribution in [0.5, 0.6) is 0 Å². The number of rotatable bonds is 1. The molecule has 0 atom stereocenters. The summed E-state index contributed by atoms with van der Waals surface area (Å²) in [5.74, 6) is -0.447. The lowest BCUT2D eigenvalue weighted by molar-refractivity contribution is -0.111. The maximum absolute atomic E-state index is 10.3. The molecule has 0 aromatic carbocycles. The van der Waals surface area contributed by atoms with Crippen molar-refractivity contribution in [3.05, 3.63) is 0 Å². The molecule has 0 aromatic heterocycles. The molecule has 0 aromatic rings. The molecule has 7 heteroatoms. The number of nitrogens with zero attached hydrogens (tertiary/aromatic N) is 2. The Morgan fingerprint density at radius 2 is 2.30 bits per heavy atom. The summed E-state index contributed by atoms with van der Waals surface area (Å²) in [6.07, 6.45) is 0.841. The predicted molar refractivity (Wildman–Crippen MR) is 31.8 cm³/mol. The SMILES string of the molecule is O=C1C=NN(S(=O)(=O)O)C1. The standard InChI is InChI=1S/C3H4N2O4S/c6-3-1-4-5(2-3)10(7,8)9/h1H,2H2,(H,7,8,9). The van der Waals surface area contributed by atoms with Crippen LogP contribution in [0.25, 0.3) is 0 Å². The van der Waals surface area contributed by atoms with Gasteiger partial charge >= 0.3 is 10.3 Å². The van der Waals surface area contributed by atoms with Crippen LogP contribution in [0.4, 0.5) is 0 Å². The summed E-state index contributed by atoms with van der Waals surface area (Å²) in [6.45, 7) is -0.404. The molecule has 0 aliphatic carbocycles. The molecule has 0 unspecified atom stereocenters. The van der Waals surface area contributed by atoms with Crippen molar-refractivity contribution in [2.24, 2.45) is 5.10 Å². The average Bonchev–Trinajstić information content (AvgIpc) is 2.11. The number of carbonyl (C=O) groups excluding carboxylic acids is 1. The molecule has 1 aliphatic heterocycles. The van der Waals surface area contributed by atoms with E-state index in [2.05, 4.69) is 5.10 Å². The van der Waals surface area contributed by atoms with Gasteiger partial charge in [0.1, 0.15) is 6.54 Å². The number of carbonyl (C=O) groups is 1. The second-order valence-electron chi connectivity index (χ2n) is 1.67. The molecule has 1 N–H and O–H groups in total. The van der Waals surface area contributed by atoms with Gasteiger partial charge in [-0.2, -0.15) is 17.9 Å². The Bertz CT molecular complexity index is 279. The molecule has 56 valence electrons. The van der Waals surface area contributed by atoms with Crippen LogP contribution in [-0.4, -0.2) is 35.9 Å². The van der Waals surface area contributed by atoms with Crippen LogP contribution in [-0.2, 0) is 15.1 Å². The van der Waals surface area contributed by atoms with Gasteiger partial charge in [0.05, 0.1) is 6.21 Å². The summed E-state index contributed by atoms with van der Waals surface area (Å²) in [4.78, 5) is 10.3. The fraction of sp³-hybridized carbons (Fsp3) is 0.333. The molecule has 0 amide bonds. The molecular formula is C3H4N2O4S. The summed E-state index contributed by atoms with van der Waals surface area (Å²) in [7, 11) is -4.32. The maximum atomic E-state index is 10.3. The number of hydrogen-bond acceptors (Lipinski definition) is 4. The van der Waals surface area contributed by atoms with Gasteiger partial charge in [-0.15, -0.1) is 0 Å². The van der Waals surface area contributed by atoms with Gasteiger partial charge in [0.25, 0.3) is 0 Å². The third-order valence-electron chi connectivity index (χ3n) is 0.888. The second-order valence-corrected chi connectivity index (χ2v) is 2.99. The van der Waals surface area contributed by atoms with Crippen LogP contribution < -0.4 is 0 Å². The molecule has 1 heterocycles. The number of ketones is 1. The lowest BCUT2D eigenvalue weighted by Gasteiger charge is -2.05. The van der Waals surface area contributed by atoms with Gasteiger partial charge in [-0.1, -0.05) is 0 Å². The van der Waals surface area contributed by atoms with Gasteiger partial charge in [0.2, 0.25) is 0 Å². The fourth-order valence-electron chi connectivity index (χ4n) is 0.485. The van der Waals surface area contributed by atoms with E-state index in [0.29, 0.717) is 4.41 Å². The summed E-state index contributed by atoms with van der Waals surface area (Å²) in [6, 6.07) is 0. The van der Waals surface area contributed by atoms with Crippen LogP contribution >= 0.6 is 0 Å². The van der Waals surface area contributed by atoms with E-state index in [1.807, 2.05) is 0 Å². The summed E-state index contributed by atoms with van der Waals surface area (Å²) >= 11 is 0. The molecule has 0 spiro atoms. The summed E-state index contributed by atoms with van der Waals surface area (Å²) in [5, 5.41) is 3.11. The third-order valence-corrected chi connectivity index (χ3v) is 1.64. The van der Waals surface area contributed by atoms with Crippen molar-refractivity contribution in [2.45, 2.75) is 0 Å². The molecule has 6 nitrogen and oxygen atoms in total. The first-order valence-electron chi connectivity index (χ1n) is 2.32. The minimum atomic E-state index is -4.32. The van der Waals surface area contributed by atoms with Gasteiger partial charge < -0.3 is 0 Å². The molecule has 0 saturated heterocycles. The first-order chi connectivity index (χ1) is 4.50. The zero-order valence-corrected chi connectivity index (χ0v) is 5.58. The quantitative estimate of drug-likeness (QED) is 0.486. The Labute approximate surface area is 57.0 Å². The van der Waals surface area contributed by atoms with Crippen molar-refractivity contribution in [1.29, 1.82) is 0 Å². The van der Waals surface area contributed by atoms with Crippen LogP contribution in [0, 0.1) is 0 Å². The highest BCUT2D eigenvalue weighted by Crippen LogP contribution is 2.01. The second kappa shape index (κ2) is 2.03. The van der Waals surface area contributed by atoms with Gasteiger partial charge in [-0.05, 0) is 0 Å². The number of hydrazone groups is 1. The van der Waals surface area contributed by atoms with Gasteiger partial charge in [0, 0.05) is 0 Å². The van der Waals surface area contributed by atoms with Crippen LogP contribution in [0.15, 0.2) is 5.10 Å². The molecule has 0 bridgehead atoms. The van der Waals surface area contributed by atoms with Gasteiger partial charge in [-0.3, -0.25) is 9.35 Å². The Kier molecular flexibility index (Phi) is 1.45. The van der Waals surface area contributed by atoms with E-state index in [1.54, 1.807) is 0 Å². The molecule has 1 aliphatic rings. The number of Topliss-reactive ketones (excluding diaryl/α,β-unsaturated/α-hetero) is 1. The van der Waals surface area contributed by atoms with E-state index in [0.717, 1.165) is 6.21 Å². The van der Waals surface area contributed by atoms with Crippen molar-refractivity contribution in [1.82, 2.24) is 4.41 Å². The van der Waals surface area contributed by atoms with Crippen LogP contribution in [0.3, 0.4) is 0 Å². The highest BCUT2D eigenvalue weighted by atomic mass is 32.2. The third kappa shape index (κ3) is 1.31. The highest BCUT2D eigenvalue weighted by Gasteiger charge is 2.23. The zero-order valence-electron chi connectivity index (χ0n) is 4.76. The van der Waals surface area contributed by atoms with Crippen molar-refractivity contribution < 1.29 is 17.8 Å². The molecule has 0 radical (unpaired) electrons. The van der Waals surface area contributed by atoms with Crippen LogP contribution in [0.1, 0.15) is 0 Å². The minimum absolute atomic E-state index is 0.315. The van der Waals surface area contributed by atoms with Gasteiger partial charge in [0.15, 0.2) is 5.78 Å². The Morgan fingerprint density at radius 3 is 2.50 bits per heavy atom. The van der Waals surface area contributed by atoms with E-state index >= 15 is 0 Å². The normalized spacial score (nSPS) is 18.5. The molecule has 0 fully saturated rings. The predicted octanol–water partition coefficient (Wildman–Crippen LogP) is -1.34. The summed E-state index contributed by atoms with van der Waals surface area (Å²) in [5.41, 5.74) is 0. The molecule has 0 saturated carbocycles. The minimum Gasteiger partial charge on any atom is -0.291 e. The molecule has 10 heavy (non-hydrogen) atoms. The lowest BCUT2D eigenvalue weighted by Crippen LogP contribution is -2.25. The van der Waals surface area contributed by atoms with E-state index in [1.165, 1.54) is 0 Å². The van der Waals surface area contributed by atoms with E-state index in [4.69, 9.17) is 4.55 Å². The molecular weight excluding hydrogens is 160 g/mol. The lowest BCUT2D eigenvalue weighted by atomic mass is 10.5. The van der Waals surface area contributed by atoms with E-state index < -0.39 is 22.6 Å². The van der Waals surface area contributed by atoms with Crippen molar-refractivity contribution in [3.8, 4) is 0 Å². The monoisotopic (exact) mass is 164 g/mol. The van der Waals surface area contributed by atoms with E-state index in [9.17, 15) is 13.2 Å². The average molecular weight is 164 g/mol. The topological polar surface area (TPSA) is 87.0 Å². The van der Waals surface area contributed by atoms with Crippen molar-refractivity contribution in [2.75, 3.05) is 6.54 Å². The zero-order chi connectivity index (χ0) is 7.78. The smallest absolute Gasteiger partial charge is 0.291 e. The van der Waals surface area contributed by atoms with Crippen LogP contribution in [0.2, 0.25) is 0 Å². The Hall–Kier alpha value is -0.950. The van der Waals surface area contributed by atoms with Crippen molar-refractivity contribution >= 4 is 22.3 Å². The first kappa shape index (κ1) is 7.16. The number of hydrogen-bond donors (Lipinski definition) is 1. The van der Waals surface area contributed by atoms with Gasteiger partial charge in [-0.25, -0.2) is 0 Å². The summed E-state index contributed by atoms with van der Waals surface area (Å²) < 4.78 is 29.0. The Morgan fingerprint density at radius 1 is 1.70 bits per heavy atom. The highest BCUT2D eigenvalue weighted by molar-refractivity contribution is 7.83. The molecule has 1 rings (SSSR count). The van der Waals surface area contributed by atoms with E-state index in [-0.39, 0.29) is 0 Å². The largest absolute Gasteiger partial charge is 0.375 e. The maximum Gasteiger partial charge on any atom is 0.375 e. The fourth-order valence-corrected chi connectivity index (χ4v) is 0.942. The Balaban J connectivity index is 2.83.